The van der Waals surface area contributed by atoms with E-state index in [0.29, 0.717) is 0 Å². The highest BCUT2D eigenvalue weighted by Crippen LogP contribution is 2.23. The zero-order chi connectivity index (χ0) is 13.7. The fraction of sp³-hybridized carbons (Fsp3) is 0.267. The van der Waals surface area contributed by atoms with Gasteiger partial charge in [-0.2, -0.15) is 0 Å². The lowest BCUT2D eigenvalue weighted by atomic mass is 10.1. The number of hydrogen-bond donors (Lipinski definition) is 1. The average Bonchev–Trinajstić information content (AvgIpc) is 2.42. The summed E-state index contributed by atoms with van der Waals surface area (Å²) in [6, 6.07) is 9.72. The predicted octanol–water partition coefficient (Wildman–Crippen LogP) is 2.99. The third kappa shape index (κ3) is 3.94. The number of likely N-dealkylation sites (N-methyl/N-ethyl adjacent to an activating group) is 1. The van der Waals surface area contributed by atoms with E-state index in [1.54, 1.807) is 0 Å². The maximum absolute atomic E-state index is 6.18. The number of anilines is 1. The summed E-state index contributed by atoms with van der Waals surface area (Å²) in [6.07, 6.45) is 4.63. The largest absolute Gasteiger partial charge is 0.398 e. The van der Waals surface area contributed by atoms with E-state index in [0.717, 1.165) is 35.8 Å². The topological polar surface area (TPSA) is 42.2 Å². The second kappa shape index (κ2) is 6.55. The summed E-state index contributed by atoms with van der Waals surface area (Å²) >= 11 is 6.18. The fourth-order valence-corrected chi connectivity index (χ4v) is 2.20. The second-order valence-corrected chi connectivity index (χ2v) is 5.06. The van der Waals surface area contributed by atoms with Crippen molar-refractivity contribution in [1.82, 2.24) is 9.88 Å². The Hall–Kier alpha value is -1.58. The Bertz CT molecular complexity index is 508. The fourth-order valence-electron chi connectivity index (χ4n) is 1.96. The Morgan fingerprint density at radius 2 is 1.95 bits per heavy atom. The van der Waals surface area contributed by atoms with Crippen LogP contribution in [0.5, 0.6) is 0 Å². The van der Waals surface area contributed by atoms with E-state index < -0.39 is 0 Å². The van der Waals surface area contributed by atoms with Gasteiger partial charge >= 0.3 is 0 Å². The molecule has 0 unspecified atom stereocenters. The lowest BCUT2D eigenvalue weighted by Crippen LogP contribution is -2.21. The third-order valence-corrected chi connectivity index (χ3v) is 3.47. The molecule has 19 heavy (non-hydrogen) atoms. The summed E-state index contributed by atoms with van der Waals surface area (Å²) in [5, 5.41) is 0.732. The number of nitrogens with two attached hydrogens (primary N) is 1. The van der Waals surface area contributed by atoms with E-state index >= 15 is 0 Å². The van der Waals surface area contributed by atoms with Crippen LogP contribution in [0.2, 0.25) is 5.02 Å². The minimum atomic E-state index is 0.732. The van der Waals surface area contributed by atoms with E-state index in [1.807, 2.05) is 42.7 Å². The van der Waals surface area contributed by atoms with Gasteiger partial charge in [0, 0.05) is 41.8 Å². The van der Waals surface area contributed by atoms with Gasteiger partial charge in [0.2, 0.25) is 0 Å². The molecule has 0 aliphatic heterocycles. The molecule has 0 fully saturated rings. The predicted molar refractivity (Wildman–Crippen MR) is 80.1 cm³/mol. The molecular formula is C15H18ClN3. The van der Waals surface area contributed by atoms with Crippen LogP contribution >= 0.6 is 11.6 Å². The van der Waals surface area contributed by atoms with Crippen molar-refractivity contribution in [2.24, 2.45) is 0 Å². The van der Waals surface area contributed by atoms with Crippen LogP contribution in [0.1, 0.15) is 11.1 Å². The van der Waals surface area contributed by atoms with Crippen molar-refractivity contribution in [3.63, 3.8) is 0 Å². The third-order valence-electron chi connectivity index (χ3n) is 3.11. The first kappa shape index (κ1) is 13.8. The molecule has 1 aromatic heterocycles. The van der Waals surface area contributed by atoms with Gasteiger partial charge in [-0.1, -0.05) is 17.7 Å². The second-order valence-electron chi connectivity index (χ2n) is 4.65. The Morgan fingerprint density at radius 3 is 2.63 bits per heavy atom. The number of halogens is 1. The van der Waals surface area contributed by atoms with Crippen molar-refractivity contribution in [2.75, 3.05) is 19.3 Å². The van der Waals surface area contributed by atoms with E-state index in [1.165, 1.54) is 5.56 Å². The first-order valence-corrected chi connectivity index (χ1v) is 6.65. The lowest BCUT2D eigenvalue weighted by Gasteiger charge is -2.18. The number of aromatic nitrogens is 1. The molecule has 0 spiro atoms. The molecule has 1 aromatic carbocycles. The molecule has 2 rings (SSSR count). The summed E-state index contributed by atoms with van der Waals surface area (Å²) in [5.74, 6) is 0. The van der Waals surface area contributed by atoms with Crippen LogP contribution in [0.15, 0.2) is 42.7 Å². The van der Waals surface area contributed by atoms with Crippen LogP contribution in [0.4, 0.5) is 5.69 Å². The molecule has 0 bridgehead atoms. The molecule has 2 aromatic rings. The van der Waals surface area contributed by atoms with Crippen LogP contribution < -0.4 is 5.73 Å². The van der Waals surface area contributed by atoms with Crippen LogP contribution in [0.25, 0.3) is 0 Å². The summed E-state index contributed by atoms with van der Waals surface area (Å²) in [7, 11) is 2.07. The van der Waals surface area contributed by atoms with Crippen molar-refractivity contribution in [3.8, 4) is 0 Å². The molecule has 0 saturated heterocycles. The van der Waals surface area contributed by atoms with Crippen LogP contribution in [-0.4, -0.2) is 23.5 Å². The van der Waals surface area contributed by atoms with E-state index in [2.05, 4.69) is 16.9 Å². The maximum Gasteiger partial charge on any atom is 0.0471 e. The van der Waals surface area contributed by atoms with Gasteiger partial charge in [0.25, 0.3) is 0 Å². The van der Waals surface area contributed by atoms with Crippen molar-refractivity contribution < 1.29 is 0 Å². The molecule has 0 saturated carbocycles. The molecular weight excluding hydrogens is 258 g/mol. The van der Waals surface area contributed by atoms with Crippen LogP contribution in [-0.2, 0) is 13.0 Å². The molecule has 3 nitrogen and oxygen atoms in total. The SMILES string of the molecule is CN(CCc1ccncc1)Cc1c(N)cccc1Cl. The zero-order valence-electron chi connectivity index (χ0n) is 11.0. The molecule has 0 amide bonds. The molecule has 0 aliphatic carbocycles. The number of pyridine rings is 1. The van der Waals surface area contributed by atoms with Gasteiger partial charge in [-0.3, -0.25) is 4.98 Å². The van der Waals surface area contributed by atoms with Gasteiger partial charge in [0.15, 0.2) is 0 Å². The van der Waals surface area contributed by atoms with Crippen molar-refractivity contribution in [2.45, 2.75) is 13.0 Å². The van der Waals surface area contributed by atoms with Gasteiger partial charge in [0.1, 0.15) is 0 Å². The molecule has 0 atom stereocenters. The number of benzene rings is 1. The maximum atomic E-state index is 6.18. The van der Waals surface area contributed by atoms with E-state index in [-0.39, 0.29) is 0 Å². The molecule has 1 heterocycles. The molecule has 0 radical (unpaired) electrons. The first-order chi connectivity index (χ1) is 9.16. The highest BCUT2D eigenvalue weighted by Gasteiger charge is 2.07. The Labute approximate surface area is 119 Å². The highest BCUT2D eigenvalue weighted by atomic mass is 35.5. The standard InChI is InChI=1S/C15H18ClN3/c1-19(10-7-12-5-8-18-9-6-12)11-13-14(16)3-2-4-15(13)17/h2-6,8-9H,7,10-11,17H2,1H3. The first-order valence-electron chi connectivity index (χ1n) is 6.27. The molecule has 4 heteroatoms. The lowest BCUT2D eigenvalue weighted by molar-refractivity contribution is 0.332. The number of hydrogen-bond acceptors (Lipinski definition) is 3. The average molecular weight is 276 g/mol. The number of rotatable bonds is 5. The zero-order valence-corrected chi connectivity index (χ0v) is 11.8. The van der Waals surface area contributed by atoms with Crippen molar-refractivity contribution in [3.05, 3.63) is 58.9 Å². The summed E-state index contributed by atoms with van der Waals surface area (Å²) in [5.41, 5.74) is 9.00. The monoisotopic (exact) mass is 275 g/mol. The minimum Gasteiger partial charge on any atom is -0.398 e. The summed E-state index contributed by atoms with van der Waals surface area (Å²) < 4.78 is 0. The van der Waals surface area contributed by atoms with E-state index in [4.69, 9.17) is 17.3 Å². The van der Waals surface area contributed by atoms with Gasteiger partial charge in [0.05, 0.1) is 0 Å². The highest BCUT2D eigenvalue weighted by molar-refractivity contribution is 6.31. The molecule has 100 valence electrons. The van der Waals surface area contributed by atoms with Gasteiger partial charge in [-0.05, 0) is 43.3 Å². The van der Waals surface area contributed by atoms with Gasteiger partial charge in [-0.15, -0.1) is 0 Å². The van der Waals surface area contributed by atoms with Crippen LogP contribution in [0, 0.1) is 0 Å². The van der Waals surface area contributed by atoms with Crippen LogP contribution in [0.3, 0.4) is 0 Å². The summed E-state index contributed by atoms with van der Waals surface area (Å²) in [4.78, 5) is 6.24. The van der Waals surface area contributed by atoms with Gasteiger partial charge < -0.3 is 10.6 Å². The quantitative estimate of drug-likeness (QED) is 0.853. The normalized spacial score (nSPS) is 10.9. The Balaban J connectivity index is 1.93. The molecule has 2 N–H and O–H groups in total. The number of nitrogen functional groups attached to an aromatic ring is 1. The Kier molecular flexibility index (Phi) is 4.77. The summed E-state index contributed by atoms with van der Waals surface area (Å²) in [6.45, 7) is 1.71. The minimum absolute atomic E-state index is 0.732. The van der Waals surface area contributed by atoms with Gasteiger partial charge in [-0.25, -0.2) is 0 Å². The number of nitrogens with zero attached hydrogens (tertiary/aromatic N) is 2. The van der Waals surface area contributed by atoms with Crippen molar-refractivity contribution >= 4 is 17.3 Å². The smallest absolute Gasteiger partial charge is 0.0471 e. The Morgan fingerprint density at radius 1 is 1.21 bits per heavy atom. The van der Waals surface area contributed by atoms with E-state index in [9.17, 15) is 0 Å². The molecule has 0 aliphatic rings. The van der Waals surface area contributed by atoms with Crippen molar-refractivity contribution in [1.29, 1.82) is 0 Å².